The van der Waals surface area contributed by atoms with E-state index in [2.05, 4.69) is 5.32 Å². The molecule has 1 aliphatic rings. The zero-order valence-corrected chi connectivity index (χ0v) is 9.87. The Morgan fingerprint density at radius 2 is 2.35 bits per heavy atom. The van der Waals surface area contributed by atoms with E-state index in [-0.39, 0.29) is 5.91 Å². The minimum atomic E-state index is -0.639. The van der Waals surface area contributed by atoms with Crippen LogP contribution in [0.5, 0.6) is 0 Å². The summed E-state index contributed by atoms with van der Waals surface area (Å²) in [7, 11) is 1.52. The Morgan fingerprint density at radius 3 is 3.06 bits per heavy atom. The number of amides is 2. The van der Waals surface area contributed by atoms with Gasteiger partial charge in [-0.25, -0.2) is 0 Å². The molecule has 0 saturated carbocycles. The summed E-state index contributed by atoms with van der Waals surface area (Å²) in [6.45, 7) is 0. The van der Waals surface area contributed by atoms with E-state index in [4.69, 9.17) is 5.26 Å². The zero-order valence-electron chi connectivity index (χ0n) is 9.06. The number of nitrogens with one attached hydrogen (secondary N) is 1. The number of anilines is 2. The number of hydrogen-bond donors (Lipinski definition) is 1. The van der Waals surface area contributed by atoms with Crippen molar-refractivity contribution in [3.05, 3.63) is 18.2 Å². The number of carbonyl (C=O) groups is 2. The van der Waals surface area contributed by atoms with Gasteiger partial charge in [0.25, 0.3) is 0 Å². The number of carbonyl (C=O) groups excluding carboxylic acids is 2. The molecule has 17 heavy (non-hydrogen) atoms. The highest BCUT2D eigenvalue weighted by atomic mass is 32.2. The Balaban J connectivity index is 2.33. The summed E-state index contributed by atoms with van der Waals surface area (Å²) < 4.78 is 0. The number of fused-ring (bicyclic) bond motifs is 1. The first-order valence-corrected chi connectivity index (χ1v) is 5.85. The molecule has 0 unspecified atom stereocenters. The molecule has 5 nitrogen and oxygen atoms in total. The number of nitrogens with zero attached hydrogens (tertiary/aromatic N) is 2. The average molecular weight is 247 g/mol. The van der Waals surface area contributed by atoms with E-state index in [0.717, 1.165) is 4.90 Å². The third-order valence-corrected chi connectivity index (χ3v) is 3.46. The third kappa shape index (κ3) is 2.24. The van der Waals surface area contributed by atoms with Crippen LogP contribution < -0.4 is 10.2 Å². The molecule has 0 aliphatic carbocycles. The van der Waals surface area contributed by atoms with Crippen molar-refractivity contribution in [2.45, 2.75) is 4.90 Å². The predicted molar refractivity (Wildman–Crippen MR) is 64.8 cm³/mol. The maximum atomic E-state index is 11.2. The van der Waals surface area contributed by atoms with Crippen molar-refractivity contribution in [1.82, 2.24) is 0 Å². The normalized spacial score (nSPS) is 13.3. The molecule has 1 N–H and O–H groups in total. The molecule has 1 heterocycles. The summed E-state index contributed by atoms with van der Waals surface area (Å²) in [4.78, 5) is 24.7. The smallest absolute Gasteiger partial charge is 0.324 e. The van der Waals surface area contributed by atoms with Gasteiger partial charge in [0.2, 0.25) is 5.91 Å². The van der Waals surface area contributed by atoms with Crippen LogP contribution in [0.4, 0.5) is 11.4 Å². The van der Waals surface area contributed by atoms with Gasteiger partial charge in [-0.15, -0.1) is 11.8 Å². The molecule has 1 aromatic carbocycles. The van der Waals surface area contributed by atoms with Gasteiger partial charge in [0, 0.05) is 17.6 Å². The maximum Gasteiger partial charge on any atom is 0.329 e. The summed E-state index contributed by atoms with van der Waals surface area (Å²) in [6, 6.07) is 6.81. The van der Waals surface area contributed by atoms with Crippen LogP contribution in [0, 0.1) is 11.3 Å². The molecule has 0 aromatic heterocycles. The van der Waals surface area contributed by atoms with E-state index >= 15 is 0 Å². The zero-order chi connectivity index (χ0) is 12.4. The predicted octanol–water partition coefficient (Wildman–Crippen LogP) is 1.22. The standard InChI is InChI=1S/C11H9N3O2S/c1-14(11(16)5-12)7-2-3-9-8(4-7)13-10(15)6-17-9/h2-4H,6H2,1H3,(H,13,15). The Hall–Kier alpha value is -2.00. The van der Waals surface area contributed by atoms with Crippen molar-refractivity contribution < 1.29 is 9.59 Å². The van der Waals surface area contributed by atoms with Gasteiger partial charge < -0.3 is 10.2 Å². The molecular formula is C11H9N3O2S. The third-order valence-electron chi connectivity index (χ3n) is 2.38. The maximum absolute atomic E-state index is 11.2. The van der Waals surface area contributed by atoms with Gasteiger partial charge in [0.05, 0.1) is 11.4 Å². The van der Waals surface area contributed by atoms with Crippen LogP contribution in [-0.4, -0.2) is 24.6 Å². The second-order valence-corrected chi connectivity index (χ2v) is 4.51. The molecule has 1 aliphatic heterocycles. The summed E-state index contributed by atoms with van der Waals surface area (Å²) in [5.74, 6) is -0.298. The van der Waals surface area contributed by atoms with Crippen molar-refractivity contribution in [1.29, 1.82) is 5.26 Å². The van der Waals surface area contributed by atoms with Gasteiger partial charge in [-0.05, 0) is 18.2 Å². The Kier molecular flexibility index (Phi) is 3.02. The van der Waals surface area contributed by atoms with Crippen LogP contribution in [0.1, 0.15) is 0 Å². The number of nitriles is 1. The highest BCUT2D eigenvalue weighted by molar-refractivity contribution is 8.00. The minimum Gasteiger partial charge on any atom is -0.324 e. The van der Waals surface area contributed by atoms with Gasteiger partial charge in [0.15, 0.2) is 6.07 Å². The fourth-order valence-corrected chi connectivity index (χ4v) is 2.26. The summed E-state index contributed by atoms with van der Waals surface area (Å²) in [5.41, 5.74) is 1.26. The second kappa shape index (κ2) is 4.47. The van der Waals surface area contributed by atoms with Gasteiger partial charge in [0.1, 0.15) is 0 Å². The SMILES string of the molecule is CN(C(=O)C#N)c1ccc2c(c1)NC(=O)CS2. The van der Waals surface area contributed by atoms with Crippen molar-refractivity contribution in [3.8, 4) is 6.07 Å². The lowest BCUT2D eigenvalue weighted by Gasteiger charge is -2.20. The number of benzene rings is 1. The fraction of sp³-hybridized carbons (Fsp3) is 0.182. The quantitative estimate of drug-likeness (QED) is 0.757. The van der Waals surface area contributed by atoms with Crippen molar-refractivity contribution in [2.24, 2.45) is 0 Å². The first-order chi connectivity index (χ1) is 8.11. The average Bonchev–Trinajstić information content (AvgIpc) is 2.36. The van der Waals surface area contributed by atoms with Gasteiger partial charge in [-0.2, -0.15) is 5.26 Å². The summed E-state index contributed by atoms with van der Waals surface area (Å²) in [6.07, 6.45) is 0. The Labute approximate surface area is 102 Å². The molecule has 2 amide bonds. The molecule has 86 valence electrons. The molecule has 2 rings (SSSR count). The molecule has 0 bridgehead atoms. The molecule has 6 heteroatoms. The number of rotatable bonds is 1. The Morgan fingerprint density at radius 1 is 1.59 bits per heavy atom. The van der Waals surface area contributed by atoms with Gasteiger partial charge in [-0.1, -0.05) is 0 Å². The van der Waals surface area contributed by atoms with E-state index in [0.29, 0.717) is 17.1 Å². The molecular weight excluding hydrogens is 238 g/mol. The molecule has 0 saturated heterocycles. The van der Waals surface area contributed by atoms with E-state index < -0.39 is 5.91 Å². The molecule has 0 atom stereocenters. The topological polar surface area (TPSA) is 73.2 Å². The van der Waals surface area contributed by atoms with Crippen LogP contribution in [-0.2, 0) is 9.59 Å². The van der Waals surface area contributed by atoms with E-state index in [9.17, 15) is 9.59 Å². The highest BCUT2D eigenvalue weighted by Crippen LogP contribution is 2.34. The van der Waals surface area contributed by atoms with Crippen LogP contribution in [0.25, 0.3) is 0 Å². The summed E-state index contributed by atoms with van der Waals surface area (Å²) >= 11 is 1.45. The molecule has 1 aromatic rings. The first kappa shape index (κ1) is 11.5. The van der Waals surface area contributed by atoms with Crippen molar-refractivity contribution in [2.75, 3.05) is 23.0 Å². The fourth-order valence-electron chi connectivity index (χ4n) is 1.47. The lowest BCUT2D eigenvalue weighted by molar-refractivity contribution is -0.114. The van der Waals surface area contributed by atoms with Crippen molar-refractivity contribution in [3.63, 3.8) is 0 Å². The number of hydrogen-bond acceptors (Lipinski definition) is 4. The minimum absolute atomic E-state index is 0.0612. The molecule has 0 radical (unpaired) electrons. The van der Waals surface area contributed by atoms with Crippen LogP contribution in [0.15, 0.2) is 23.1 Å². The highest BCUT2D eigenvalue weighted by Gasteiger charge is 2.17. The number of thioether (sulfide) groups is 1. The van der Waals surface area contributed by atoms with E-state index in [1.54, 1.807) is 18.2 Å². The van der Waals surface area contributed by atoms with Gasteiger partial charge in [-0.3, -0.25) is 9.59 Å². The van der Waals surface area contributed by atoms with Crippen LogP contribution >= 0.6 is 11.8 Å². The van der Waals surface area contributed by atoms with Crippen LogP contribution in [0.3, 0.4) is 0 Å². The molecule has 0 fully saturated rings. The monoisotopic (exact) mass is 247 g/mol. The Bertz CT molecular complexity index is 536. The van der Waals surface area contributed by atoms with Crippen molar-refractivity contribution >= 4 is 35.0 Å². The van der Waals surface area contributed by atoms with E-state index in [1.165, 1.54) is 23.7 Å². The first-order valence-electron chi connectivity index (χ1n) is 4.86. The second-order valence-electron chi connectivity index (χ2n) is 3.49. The lowest BCUT2D eigenvalue weighted by atomic mass is 10.2. The molecule has 0 spiro atoms. The van der Waals surface area contributed by atoms with Gasteiger partial charge >= 0.3 is 5.91 Å². The van der Waals surface area contributed by atoms with E-state index in [1.807, 2.05) is 6.07 Å². The van der Waals surface area contributed by atoms with Crippen LogP contribution in [0.2, 0.25) is 0 Å². The summed E-state index contributed by atoms with van der Waals surface area (Å²) in [5, 5.41) is 11.3. The lowest BCUT2D eigenvalue weighted by Crippen LogP contribution is -2.25. The largest absolute Gasteiger partial charge is 0.329 e.